The van der Waals surface area contributed by atoms with Crippen LogP contribution in [0.5, 0.6) is 0 Å². The second-order valence-electron chi connectivity index (χ2n) is 8.40. The number of halogens is 1. The predicted octanol–water partition coefficient (Wildman–Crippen LogP) is 6.19. The fourth-order valence-corrected chi connectivity index (χ4v) is 3.33. The summed E-state index contributed by atoms with van der Waals surface area (Å²) in [6.07, 6.45) is 10.8. The number of nitrogens with zero attached hydrogens (tertiary/aromatic N) is 3. The first-order valence-corrected chi connectivity index (χ1v) is 10.4. The van der Waals surface area contributed by atoms with Crippen molar-refractivity contribution >= 4 is 17.5 Å². The van der Waals surface area contributed by atoms with Crippen molar-refractivity contribution in [2.75, 3.05) is 11.4 Å². The standard InChI is InChI=1S/C23H30ClN3O/c1-5-6-7-14-26-19(12-13-23(2,3)4)15-21(28)27-16-20(25-22(26)27)17-8-10-18(24)11-9-17/h8-13,15-16,21,28H,5-7,14H2,1-4H3/b13-12+. The van der Waals surface area contributed by atoms with Crippen molar-refractivity contribution in [2.45, 2.75) is 53.2 Å². The van der Waals surface area contributed by atoms with Gasteiger partial charge >= 0.3 is 0 Å². The van der Waals surface area contributed by atoms with Gasteiger partial charge in [-0.2, -0.15) is 0 Å². The van der Waals surface area contributed by atoms with Gasteiger partial charge in [0.1, 0.15) is 0 Å². The largest absolute Gasteiger partial charge is 0.369 e. The van der Waals surface area contributed by atoms with Crippen LogP contribution in [0.1, 0.15) is 53.2 Å². The lowest BCUT2D eigenvalue weighted by atomic mass is 9.96. The van der Waals surface area contributed by atoms with Crippen LogP contribution >= 0.6 is 11.6 Å². The Hall–Kier alpha value is -2.04. The maximum absolute atomic E-state index is 10.7. The molecule has 28 heavy (non-hydrogen) atoms. The molecule has 1 aliphatic heterocycles. The van der Waals surface area contributed by atoms with Gasteiger partial charge in [0, 0.05) is 29.0 Å². The third-order valence-electron chi connectivity index (χ3n) is 4.75. The van der Waals surface area contributed by atoms with Crippen LogP contribution in [0.25, 0.3) is 11.3 Å². The van der Waals surface area contributed by atoms with Gasteiger partial charge in [-0.15, -0.1) is 0 Å². The zero-order chi connectivity index (χ0) is 20.3. The summed E-state index contributed by atoms with van der Waals surface area (Å²) < 4.78 is 1.84. The summed E-state index contributed by atoms with van der Waals surface area (Å²) in [5.74, 6) is 0.782. The van der Waals surface area contributed by atoms with E-state index in [1.54, 1.807) is 0 Å². The van der Waals surface area contributed by atoms with Gasteiger partial charge in [0.2, 0.25) is 5.95 Å². The molecule has 1 N–H and O–H groups in total. The van der Waals surface area contributed by atoms with Gasteiger partial charge in [0.15, 0.2) is 6.23 Å². The monoisotopic (exact) mass is 399 g/mol. The van der Waals surface area contributed by atoms with Crippen molar-refractivity contribution in [3.8, 4) is 11.3 Å². The number of imidazole rings is 1. The summed E-state index contributed by atoms with van der Waals surface area (Å²) in [7, 11) is 0. The zero-order valence-electron chi connectivity index (χ0n) is 17.2. The highest BCUT2D eigenvalue weighted by Crippen LogP contribution is 2.34. The van der Waals surface area contributed by atoms with Crippen molar-refractivity contribution < 1.29 is 5.11 Å². The number of unbranched alkanes of at least 4 members (excludes halogenated alkanes) is 2. The molecule has 0 bridgehead atoms. The summed E-state index contributed by atoms with van der Waals surface area (Å²) in [5, 5.41) is 11.4. The molecule has 0 spiro atoms. The molecule has 150 valence electrons. The smallest absolute Gasteiger partial charge is 0.213 e. The highest BCUT2D eigenvalue weighted by Gasteiger charge is 2.26. The number of aliphatic hydroxyl groups excluding tert-OH is 1. The molecular formula is C23H30ClN3O. The SMILES string of the molecule is CCCCCN1C(/C=C/C(C)(C)C)=CC(O)n2cc(-c3ccc(Cl)cc3)nc21. The number of aliphatic hydroxyl groups is 1. The lowest BCUT2D eigenvalue weighted by molar-refractivity contribution is 0.151. The Morgan fingerprint density at radius 3 is 2.54 bits per heavy atom. The molecule has 2 heterocycles. The van der Waals surface area contributed by atoms with Gasteiger partial charge in [0.05, 0.1) is 5.69 Å². The van der Waals surface area contributed by atoms with Gasteiger partial charge in [-0.25, -0.2) is 4.98 Å². The predicted molar refractivity (Wildman–Crippen MR) is 117 cm³/mol. The van der Waals surface area contributed by atoms with E-state index in [0.29, 0.717) is 5.02 Å². The lowest BCUT2D eigenvalue weighted by Gasteiger charge is -2.31. The Bertz CT molecular complexity index is 859. The Morgan fingerprint density at radius 2 is 1.89 bits per heavy atom. The summed E-state index contributed by atoms with van der Waals surface area (Å²) in [4.78, 5) is 7.08. The quantitative estimate of drug-likeness (QED) is 0.588. The maximum atomic E-state index is 10.7. The van der Waals surface area contributed by atoms with E-state index in [9.17, 15) is 5.11 Å². The number of hydrogen-bond donors (Lipinski definition) is 1. The van der Waals surface area contributed by atoms with Crippen molar-refractivity contribution in [1.82, 2.24) is 9.55 Å². The molecule has 1 aromatic carbocycles. The van der Waals surface area contributed by atoms with Crippen LogP contribution in [0.3, 0.4) is 0 Å². The van der Waals surface area contributed by atoms with Crippen LogP contribution in [0.15, 0.2) is 54.4 Å². The van der Waals surface area contributed by atoms with Crippen molar-refractivity contribution in [3.63, 3.8) is 0 Å². The highest BCUT2D eigenvalue weighted by atomic mass is 35.5. The van der Waals surface area contributed by atoms with E-state index in [2.05, 4.69) is 44.7 Å². The third-order valence-corrected chi connectivity index (χ3v) is 5.00. The molecule has 1 aromatic heterocycles. The molecule has 0 saturated heterocycles. The Balaban J connectivity index is 1.97. The number of aromatic nitrogens is 2. The number of hydrogen-bond acceptors (Lipinski definition) is 3. The average Bonchev–Trinajstić information content (AvgIpc) is 3.08. The molecule has 0 saturated carbocycles. The minimum atomic E-state index is -0.731. The zero-order valence-corrected chi connectivity index (χ0v) is 17.9. The summed E-state index contributed by atoms with van der Waals surface area (Å²) in [5.41, 5.74) is 2.89. The Morgan fingerprint density at radius 1 is 1.18 bits per heavy atom. The topological polar surface area (TPSA) is 41.3 Å². The van der Waals surface area contributed by atoms with Crippen molar-refractivity contribution in [3.05, 3.63) is 59.4 Å². The van der Waals surface area contributed by atoms with Crippen LogP contribution in [0.2, 0.25) is 5.02 Å². The fourth-order valence-electron chi connectivity index (χ4n) is 3.21. The van der Waals surface area contributed by atoms with E-state index in [1.165, 1.54) is 6.42 Å². The van der Waals surface area contributed by atoms with Crippen molar-refractivity contribution in [1.29, 1.82) is 0 Å². The number of rotatable bonds is 6. The molecule has 2 aromatic rings. The van der Waals surface area contributed by atoms with E-state index in [1.807, 2.05) is 41.1 Å². The molecule has 3 rings (SSSR count). The molecule has 1 aliphatic rings. The Kier molecular flexibility index (Phi) is 6.31. The summed E-state index contributed by atoms with van der Waals surface area (Å²) in [6.45, 7) is 9.59. The van der Waals surface area contributed by atoms with Gasteiger partial charge < -0.3 is 10.0 Å². The van der Waals surface area contributed by atoms with Gasteiger partial charge in [-0.05, 0) is 36.1 Å². The molecule has 4 nitrogen and oxygen atoms in total. The van der Waals surface area contributed by atoms with E-state index in [-0.39, 0.29) is 5.41 Å². The molecule has 5 heteroatoms. The molecule has 0 aliphatic carbocycles. The average molecular weight is 400 g/mol. The van der Waals surface area contributed by atoms with Crippen LogP contribution in [-0.2, 0) is 0 Å². The molecule has 0 fully saturated rings. The first kappa shape index (κ1) is 20.7. The number of benzene rings is 1. The van der Waals surface area contributed by atoms with Gasteiger partial charge in [-0.1, -0.05) is 70.3 Å². The summed E-state index contributed by atoms with van der Waals surface area (Å²) >= 11 is 6.02. The van der Waals surface area contributed by atoms with E-state index < -0.39 is 6.23 Å². The highest BCUT2D eigenvalue weighted by molar-refractivity contribution is 6.30. The molecule has 1 atom stereocenters. The number of allylic oxidation sites excluding steroid dienone is 2. The molecular weight excluding hydrogens is 370 g/mol. The van der Waals surface area contributed by atoms with E-state index in [4.69, 9.17) is 16.6 Å². The van der Waals surface area contributed by atoms with Crippen LogP contribution in [-0.4, -0.2) is 21.2 Å². The molecule has 1 unspecified atom stereocenters. The molecule has 0 radical (unpaired) electrons. The Labute approximate surface area is 173 Å². The number of fused-ring (bicyclic) bond motifs is 1. The van der Waals surface area contributed by atoms with E-state index >= 15 is 0 Å². The fraction of sp³-hybridized carbons (Fsp3) is 0.435. The first-order valence-electron chi connectivity index (χ1n) is 10.00. The lowest BCUT2D eigenvalue weighted by Crippen LogP contribution is -2.31. The van der Waals surface area contributed by atoms with Crippen LogP contribution in [0, 0.1) is 5.41 Å². The van der Waals surface area contributed by atoms with Crippen molar-refractivity contribution in [2.24, 2.45) is 5.41 Å². The maximum Gasteiger partial charge on any atom is 0.213 e. The number of anilines is 1. The second kappa shape index (κ2) is 8.54. The third kappa shape index (κ3) is 4.86. The second-order valence-corrected chi connectivity index (χ2v) is 8.84. The first-order chi connectivity index (χ1) is 13.3. The van der Waals surface area contributed by atoms with Crippen LogP contribution < -0.4 is 4.90 Å². The minimum absolute atomic E-state index is 0.0716. The summed E-state index contributed by atoms with van der Waals surface area (Å²) in [6, 6.07) is 7.64. The molecule has 0 amide bonds. The van der Waals surface area contributed by atoms with Gasteiger partial charge in [-0.3, -0.25) is 4.57 Å². The van der Waals surface area contributed by atoms with Gasteiger partial charge in [0.25, 0.3) is 0 Å². The normalized spacial score (nSPS) is 17.1. The minimum Gasteiger partial charge on any atom is -0.369 e. The van der Waals surface area contributed by atoms with Crippen LogP contribution in [0.4, 0.5) is 5.95 Å². The van der Waals surface area contributed by atoms with E-state index in [0.717, 1.165) is 42.3 Å².